The molecule has 0 aromatic heterocycles. The molecule has 0 bridgehead atoms. The highest BCUT2D eigenvalue weighted by Crippen LogP contribution is 2.36. The minimum Gasteiger partial charge on any atom is -0.338 e. The minimum atomic E-state index is -4.55. The van der Waals surface area contributed by atoms with Gasteiger partial charge in [-0.3, -0.25) is 4.79 Å². The normalized spacial score (nSPS) is 23.7. The van der Waals surface area contributed by atoms with Crippen LogP contribution < -0.4 is 10.6 Å². The quantitative estimate of drug-likeness (QED) is 0.459. The summed E-state index contributed by atoms with van der Waals surface area (Å²) in [6, 6.07) is 11.0. The van der Waals surface area contributed by atoms with Crippen molar-refractivity contribution in [3.05, 3.63) is 60.2 Å². The van der Waals surface area contributed by atoms with Crippen molar-refractivity contribution in [3.63, 3.8) is 0 Å². The number of nitrogens with one attached hydrogen (secondary N) is 2. The highest BCUT2D eigenvalue weighted by molar-refractivity contribution is 7.91. The third-order valence-corrected chi connectivity index (χ3v) is 10.1. The Balaban J connectivity index is 1.46. The first-order valence-electron chi connectivity index (χ1n) is 13.8. The second-order valence-electron chi connectivity index (χ2n) is 11.2. The van der Waals surface area contributed by atoms with Crippen LogP contribution in [0.2, 0.25) is 0 Å². The molecule has 8 nitrogen and oxygen atoms in total. The van der Waals surface area contributed by atoms with E-state index in [0.29, 0.717) is 25.8 Å². The van der Waals surface area contributed by atoms with E-state index >= 15 is 0 Å². The number of carbonyl (C=O) groups is 2. The van der Waals surface area contributed by atoms with Crippen molar-refractivity contribution in [2.24, 2.45) is 5.92 Å². The van der Waals surface area contributed by atoms with Gasteiger partial charge in [-0.2, -0.15) is 13.2 Å². The van der Waals surface area contributed by atoms with Gasteiger partial charge >= 0.3 is 12.2 Å². The van der Waals surface area contributed by atoms with Crippen molar-refractivity contribution in [2.45, 2.75) is 74.8 Å². The van der Waals surface area contributed by atoms with Crippen LogP contribution in [-0.2, 0) is 20.8 Å². The molecule has 2 aliphatic rings. The fourth-order valence-electron chi connectivity index (χ4n) is 5.87. The summed E-state index contributed by atoms with van der Waals surface area (Å²) in [6.07, 6.45) is -2.18. The zero-order valence-corrected chi connectivity index (χ0v) is 24.2. The lowest BCUT2D eigenvalue weighted by atomic mass is 9.81. The molecule has 41 heavy (non-hydrogen) atoms. The van der Waals surface area contributed by atoms with Crippen LogP contribution in [-0.4, -0.2) is 73.7 Å². The van der Waals surface area contributed by atoms with Gasteiger partial charge in [0.15, 0.2) is 9.84 Å². The molecule has 4 rings (SSSR count). The largest absolute Gasteiger partial charge is 0.416 e. The topological polar surface area (TPSA) is 98.8 Å². The van der Waals surface area contributed by atoms with Gasteiger partial charge in [0, 0.05) is 30.4 Å². The highest BCUT2D eigenvalue weighted by atomic mass is 32.2. The molecule has 2 aromatic rings. The molecule has 2 aromatic carbocycles. The maximum absolute atomic E-state index is 13.5. The van der Waals surface area contributed by atoms with Crippen molar-refractivity contribution in [1.29, 1.82) is 0 Å². The summed E-state index contributed by atoms with van der Waals surface area (Å²) >= 11 is 0. The number of halogens is 3. The fraction of sp³-hybridized carbons (Fsp3) is 0.517. The van der Waals surface area contributed by atoms with Crippen molar-refractivity contribution in [2.75, 3.05) is 24.7 Å². The Morgan fingerprint density at radius 3 is 2.44 bits per heavy atom. The summed E-state index contributed by atoms with van der Waals surface area (Å²) < 4.78 is 65.8. The number of hydrogen-bond acceptors (Lipinski definition) is 5. The smallest absolute Gasteiger partial charge is 0.338 e. The van der Waals surface area contributed by atoms with Gasteiger partial charge in [-0.25, -0.2) is 13.2 Å². The Morgan fingerprint density at radius 1 is 1.07 bits per heavy atom. The average molecular weight is 595 g/mol. The second kappa shape index (κ2) is 12.4. The second-order valence-corrected chi connectivity index (χ2v) is 13.2. The summed E-state index contributed by atoms with van der Waals surface area (Å²) in [5.41, 5.74) is -0.938. The zero-order chi connectivity index (χ0) is 29.9. The molecule has 3 amide bonds. The molecule has 1 aliphatic carbocycles. The number of alkyl halides is 3. The molecular weight excluding hydrogens is 557 g/mol. The molecule has 1 saturated heterocycles. The van der Waals surface area contributed by atoms with Crippen LogP contribution in [0, 0.1) is 5.92 Å². The monoisotopic (exact) mass is 594 g/mol. The van der Waals surface area contributed by atoms with Gasteiger partial charge in [0.1, 0.15) is 6.04 Å². The molecule has 2 N–H and O–H groups in total. The van der Waals surface area contributed by atoms with Crippen molar-refractivity contribution < 1.29 is 31.2 Å². The lowest BCUT2D eigenvalue weighted by Gasteiger charge is -2.44. The lowest BCUT2D eigenvalue weighted by molar-refractivity contribution is -0.137. The molecule has 1 heterocycles. The Morgan fingerprint density at radius 2 is 1.78 bits per heavy atom. The van der Waals surface area contributed by atoms with Crippen LogP contribution in [0.1, 0.15) is 45.1 Å². The Kier molecular flexibility index (Phi) is 9.32. The number of sulfone groups is 1. The number of anilines is 1. The van der Waals surface area contributed by atoms with Crippen LogP contribution in [0.4, 0.5) is 23.7 Å². The fourth-order valence-corrected chi connectivity index (χ4v) is 7.56. The van der Waals surface area contributed by atoms with Gasteiger partial charge in [0.25, 0.3) is 0 Å². The van der Waals surface area contributed by atoms with Crippen LogP contribution in [0.3, 0.4) is 0 Å². The maximum Gasteiger partial charge on any atom is 0.416 e. The van der Waals surface area contributed by atoms with Crippen LogP contribution in [0.5, 0.6) is 0 Å². The number of hydrogen-bond donors (Lipinski definition) is 2. The Bertz CT molecular complexity index is 1340. The number of amides is 3. The number of likely N-dealkylation sites (tertiary alicyclic amines) is 1. The first kappa shape index (κ1) is 30.8. The molecule has 224 valence electrons. The van der Waals surface area contributed by atoms with E-state index in [4.69, 9.17) is 0 Å². The summed E-state index contributed by atoms with van der Waals surface area (Å²) in [6.45, 7) is 4.53. The standard InChI is InChI=1S/C29H37F3N4O4S/c1-19(2)35(3)23-12-13-26(20(16-23)18-41(39,40)24-10-5-4-6-11-24)36-15-14-25(27(36)37)34-28(38)33-22-9-7-8-21(17-22)29(30,31)32/h4-11,17,19-20,23,25-26H,12-16,18H2,1-3H3,(H2,33,34,38)/t20-,23-,25+,26+/m1/s1. The number of nitrogens with zero attached hydrogens (tertiary/aromatic N) is 2. The first-order chi connectivity index (χ1) is 19.3. The summed E-state index contributed by atoms with van der Waals surface area (Å²) in [5, 5.41) is 4.96. The SMILES string of the molecule is CC(C)N(C)[C@@H]1CC[C@H](N2CC[C@H](NC(=O)Nc3cccc(C(F)(F)F)c3)C2=O)[C@@H](CS(=O)(=O)c2ccccc2)C1. The Labute approximate surface area is 239 Å². The minimum absolute atomic E-state index is 0.0431. The van der Waals surface area contributed by atoms with Gasteiger partial charge in [0.2, 0.25) is 5.91 Å². The first-order valence-corrected chi connectivity index (χ1v) is 15.5. The highest BCUT2D eigenvalue weighted by Gasteiger charge is 2.44. The predicted octanol–water partition coefficient (Wildman–Crippen LogP) is 4.78. The molecule has 12 heteroatoms. The van der Waals surface area contributed by atoms with E-state index < -0.39 is 33.6 Å². The van der Waals surface area contributed by atoms with E-state index in [0.717, 1.165) is 18.6 Å². The van der Waals surface area contributed by atoms with E-state index in [1.165, 1.54) is 12.1 Å². The van der Waals surface area contributed by atoms with Crippen LogP contribution in [0.15, 0.2) is 59.5 Å². The molecule has 0 unspecified atom stereocenters. The summed E-state index contributed by atoms with van der Waals surface area (Å²) in [7, 11) is -1.58. The van der Waals surface area contributed by atoms with Gasteiger partial charge in [-0.05, 0) is 82.8 Å². The summed E-state index contributed by atoms with van der Waals surface area (Å²) in [4.78, 5) is 30.2. The maximum atomic E-state index is 13.5. The van der Waals surface area contributed by atoms with Gasteiger partial charge in [0.05, 0.1) is 16.2 Å². The molecular formula is C29H37F3N4O4S. The van der Waals surface area contributed by atoms with E-state index in [-0.39, 0.29) is 46.3 Å². The third-order valence-electron chi connectivity index (χ3n) is 8.23. The number of rotatable bonds is 8. The van der Waals surface area contributed by atoms with Gasteiger partial charge < -0.3 is 20.4 Å². The average Bonchev–Trinajstić information content (AvgIpc) is 3.27. The number of carbonyl (C=O) groups excluding carboxylic acids is 2. The molecule has 1 saturated carbocycles. The predicted molar refractivity (Wildman–Crippen MR) is 150 cm³/mol. The van der Waals surface area contributed by atoms with Crippen molar-refractivity contribution in [1.82, 2.24) is 15.1 Å². The lowest BCUT2D eigenvalue weighted by Crippen LogP contribution is -2.53. The van der Waals surface area contributed by atoms with Crippen molar-refractivity contribution >= 4 is 27.5 Å². The van der Waals surface area contributed by atoms with Gasteiger partial charge in [-0.1, -0.05) is 24.3 Å². The van der Waals surface area contributed by atoms with E-state index in [2.05, 4.69) is 29.4 Å². The number of urea groups is 1. The molecule has 0 radical (unpaired) electrons. The summed E-state index contributed by atoms with van der Waals surface area (Å²) in [5.74, 6) is -0.712. The van der Waals surface area contributed by atoms with Crippen LogP contribution >= 0.6 is 0 Å². The third kappa shape index (κ3) is 7.40. The molecule has 1 aliphatic heterocycles. The van der Waals surface area contributed by atoms with E-state index in [1.54, 1.807) is 35.2 Å². The molecule has 0 spiro atoms. The Hall–Kier alpha value is -3.12. The molecule has 4 atom stereocenters. The zero-order valence-electron chi connectivity index (χ0n) is 23.4. The van der Waals surface area contributed by atoms with Gasteiger partial charge in [-0.15, -0.1) is 0 Å². The molecule has 2 fully saturated rings. The van der Waals surface area contributed by atoms with E-state index in [1.807, 2.05) is 7.05 Å². The number of benzene rings is 2. The van der Waals surface area contributed by atoms with Crippen LogP contribution in [0.25, 0.3) is 0 Å². The van der Waals surface area contributed by atoms with Crippen molar-refractivity contribution in [3.8, 4) is 0 Å². The van der Waals surface area contributed by atoms with E-state index in [9.17, 15) is 31.2 Å².